The van der Waals surface area contributed by atoms with E-state index < -0.39 is 35.7 Å². The number of hydrogen-bond donors (Lipinski definition) is 3. The van der Waals surface area contributed by atoms with Crippen molar-refractivity contribution in [2.24, 2.45) is 0 Å². The van der Waals surface area contributed by atoms with Crippen LogP contribution in [0.1, 0.15) is 30.2 Å². The normalized spacial score (nSPS) is 14.3. The highest BCUT2D eigenvalue weighted by molar-refractivity contribution is 6.37. The van der Waals surface area contributed by atoms with Crippen LogP contribution in [0.3, 0.4) is 0 Å². The van der Waals surface area contributed by atoms with Crippen molar-refractivity contribution in [1.82, 2.24) is 34.9 Å². The fraction of sp³-hybridized carbons (Fsp3) is 0.321. The van der Waals surface area contributed by atoms with E-state index in [0.29, 0.717) is 24.2 Å². The second-order valence-electron chi connectivity index (χ2n) is 10.5. The maximum atomic E-state index is 14.9. The van der Waals surface area contributed by atoms with Crippen LogP contribution in [-0.2, 0) is 25.2 Å². The molecule has 1 atom stereocenters. The lowest BCUT2D eigenvalue weighted by Crippen LogP contribution is -2.41. The van der Waals surface area contributed by atoms with Gasteiger partial charge < -0.3 is 25.8 Å². The number of anilines is 1. The fourth-order valence-corrected chi connectivity index (χ4v) is 5.50. The summed E-state index contributed by atoms with van der Waals surface area (Å²) in [6.45, 7) is -0.715. The number of aliphatic hydroxyl groups is 1. The Labute approximate surface area is 264 Å². The zero-order chi connectivity index (χ0) is 32.5. The first-order valence-corrected chi connectivity index (χ1v) is 14.2. The predicted octanol–water partition coefficient (Wildman–Crippen LogP) is 4.94. The molecular formula is C28H26Cl2F4N8O3. The van der Waals surface area contributed by atoms with Crippen LogP contribution in [0.15, 0.2) is 43.0 Å². The Hall–Kier alpha value is -4.21. The Morgan fingerprint density at radius 1 is 1.18 bits per heavy atom. The van der Waals surface area contributed by atoms with Crippen LogP contribution in [0.2, 0.25) is 10.0 Å². The van der Waals surface area contributed by atoms with Crippen LogP contribution in [0.5, 0.6) is 5.75 Å². The summed E-state index contributed by atoms with van der Waals surface area (Å²) in [4.78, 5) is 26.3. The van der Waals surface area contributed by atoms with Gasteiger partial charge in [0.25, 0.3) is 5.92 Å². The fourth-order valence-electron chi connectivity index (χ4n) is 4.94. The highest BCUT2D eigenvalue weighted by atomic mass is 35.5. The number of ether oxygens (including phenoxy) is 1. The van der Waals surface area contributed by atoms with Crippen molar-refractivity contribution in [1.29, 1.82) is 0 Å². The van der Waals surface area contributed by atoms with E-state index in [9.17, 15) is 27.5 Å². The first-order chi connectivity index (χ1) is 21.2. The summed E-state index contributed by atoms with van der Waals surface area (Å²) in [6, 6.07) is 4.98. The number of nitrogen functional groups attached to an aromatic ring is 1. The highest BCUT2D eigenvalue weighted by Crippen LogP contribution is 2.43. The van der Waals surface area contributed by atoms with Gasteiger partial charge in [-0.15, -0.1) is 0 Å². The second-order valence-corrected chi connectivity index (χ2v) is 11.4. The molecule has 1 aliphatic rings. The lowest BCUT2D eigenvalue weighted by atomic mass is 9.90. The van der Waals surface area contributed by atoms with Crippen molar-refractivity contribution in [2.75, 3.05) is 18.9 Å². The molecule has 2 aromatic heterocycles. The van der Waals surface area contributed by atoms with E-state index in [4.69, 9.17) is 33.7 Å². The third-order valence-corrected chi connectivity index (χ3v) is 7.50. The summed E-state index contributed by atoms with van der Waals surface area (Å²) in [6.07, 6.45) is 2.37. The molecule has 0 radical (unpaired) electrons. The van der Waals surface area contributed by atoms with Crippen molar-refractivity contribution in [3.63, 3.8) is 0 Å². The van der Waals surface area contributed by atoms with Gasteiger partial charge in [-0.3, -0.25) is 0 Å². The maximum Gasteiger partial charge on any atom is 0.318 e. The van der Waals surface area contributed by atoms with Crippen LogP contribution in [0, 0.1) is 11.6 Å². The van der Waals surface area contributed by atoms with Crippen LogP contribution in [0.4, 0.5) is 28.3 Å². The summed E-state index contributed by atoms with van der Waals surface area (Å²) in [5.41, 5.74) is 5.16. The first-order valence-electron chi connectivity index (χ1n) is 13.4. The van der Waals surface area contributed by atoms with Crippen molar-refractivity contribution in [3.8, 4) is 17.0 Å². The van der Waals surface area contributed by atoms with Gasteiger partial charge in [-0.25, -0.2) is 42.0 Å². The number of rotatable bonds is 10. The minimum atomic E-state index is -3.11. The van der Waals surface area contributed by atoms with E-state index in [1.807, 2.05) is 0 Å². The third kappa shape index (κ3) is 7.37. The van der Waals surface area contributed by atoms with E-state index in [-0.39, 0.29) is 71.2 Å². The number of carbonyl (C=O) groups is 1. The molecule has 0 fully saturated rings. The van der Waals surface area contributed by atoms with Crippen LogP contribution < -0.4 is 15.8 Å². The van der Waals surface area contributed by atoms with Crippen molar-refractivity contribution in [3.05, 3.63) is 81.5 Å². The number of benzene rings is 2. The number of aromatic nitrogens is 5. The Kier molecular flexibility index (Phi) is 9.05. The van der Waals surface area contributed by atoms with E-state index in [0.717, 1.165) is 12.1 Å². The number of alkyl halides is 2. The number of nitrogens with one attached hydrogen (secondary N) is 1. The first kappa shape index (κ1) is 32.2. The molecule has 0 unspecified atom stereocenters. The van der Waals surface area contributed by atoms with E-state index in [2.05, 4.69) is 25.4 Å². The van der Waals surface area contributed by atoms with E-state index in [1.165, 1.54) is 34.4 Å². The van der Waals surface area contributed by atoms with Gasteiger partial charge >= 0.3 is 6.03 Å². The molecule has 45 heavy (non-hydrogen) atoms. The number of halogens is 6. The Morgan fingerprint density at radius 3 is 2.64 bits per heavy atom. The molecule has 17 heteroatoms. The Balaban J connectivity index is 1.44. The summed E-state index contributed by atoms with van der Waals surface area (Å²) in [5.74, 6) is -4.91. The standard InChI is InChI=1S/C28H26Cl2F4N8O3/c1-27(33,34)11-37-26(43)41-9-17-21(10-41)39-25(35)40-24(17)23-19(30)6-15(29)7-22(23)45-5-4-28(44,12-42-14-36-13-38-42)18-3-2-16(31)8-20(18)32/h2-3,6-8,13-14,44H,4-5,9-12H2,1H3,(H,37,43)(H2,35,39,40)/t28-/m1/s1. The monoisotopic (exact) mass is 668 g/mol. The molecule has 3 heterocycles. The number of nitrogens with zero attached hydrogens (tertiary/aromatic N) is 6. The second kappa shape index (κ2) is 12.7. The molecule has 2 aromatic carbocycles. The van der Waals surface area contributed by atoms with Gasteiger partial charge in [0.2, 0.25) is 5.95 Å². The quantitative estimate of drug-likeness (QED) is 0.202. The zero-order valence-electron chi connectivity index (χ0n) is 23.6. The van der Waals surface area contributed by atoms with E-state index >= 15 is 0 Å². The van der Waals surface area contributed by atoms with Crippen molar-refractivity contribution >= 4 is 35.2 Å². The van der Waals surface area contributed by atoms with Gasteiger partial charge in [0.1, 0.15) is 35.6 Å². The van der Waals surface area contributed by atoms with Gasteiger partial charge in [-0.2, -0.15) is 5.10 Å². The molecule has 238 valence electrons. The van der Waals surface area contributed by atoms with Crippen LogP contribution in [0.25, 0.3) is 11.3 Å². The molecule has 1 aliphatic heterocycles. The molecular weight excluding hydrogens is 643 g/mol. The van der Waals surface area contributed by atoms with Gasteiger partial charge in [-0.05, 0) is 18.2 Å². The molecule has 11 nitrogen and oxygen atoms in total. The smallest absolute Gasteiger partial charge is 0.318 e. The molecule has 0 bridgehead atoms. The Bertz CT molecular complexity index is 1730. The minimum Gasteiger partial charge on any atom is -0.493 e. The zero-order valence-corrected chi connectivity index (χ0v) is 25.1. The maximum absolute atomic E-state index is 14.9. The highest BCUT2D eigenvalue weighted by Gasteiger charge is 2.35. The average molecular weight is 669 g/mol. The van der Waals surface area contributed by atoms with Gasteiger partial charge in [0, 0.05) is 35.6 Å². The topological polar surface area (TPSA) is 144 Å². The van der Waals surface area contributed by atoms with Gasteiger partial charge in [-0.1, -0.05) is 29.3 Å². The molecule has 0 aliphatic carbocycles. The number of amides is 2. The van der Waals surface area contributed by atoms with Gasteiger partial charge in [0.15, 0.2) is 0 Å². The number of hydrogen-bond acceptors (Lipinski definition) is 8. The van der Waals surface area contributed by atoms with Crippen LogP contribution >= 0.6 is 23.2 Å². The number of fused-ring (bicyclic) bond motifs is 1. The van der Waals surface area contributed by atoms with Crippen LogP contribution in [-0.4, -0.2) is 59.8 Å². The van der Waals surface area contributed by atoms with Gasteiger partial charge in [0.05, 0.1) is 54.8 Å². The van der Waals surface area contributed by atoms with Crippen molar-refractivity contribution in [2.45, 2.75) is 44.5 Å². The third-order valence-electron chi connectivity index (χ3n) is 6.99. The predicted molar refractivity (Wildman–Crippen MR) is 156 cm³/mol. The lowest BCUT2D eigenvalue weighted by molar-refractivity contribution is -0.00789. The summed E-state index contributed by atoms with van der Waals surface area (Å²) in [7, 11) is 0. The number of carbonyl (C=O) groups excluding carboxylic acids is 1. The average Bonchev–Trinajstić information content (AvgIpc) is 3.60. The molecule has 0 saturated heterocycles. The largest absolute Gasteiger partial charge is 0.493 e. The molecule has 5 rings (SSSR count). The summed E-state index contributed by atoms with van der Waals surface area (Å²) >= 11 is 12.9. The Morgan fingerprint density at radius 2 is 1.96 bits per heavy atom. The molecule has 0 spiro atoms. The lowest BCUT2D eigenvalue weighted by Gasteiger charge is -2.29. The van der Waals surface area contributed by atoms with E-state index in [1.54, 1.807) is 0 Å². The van der Waals surface area contributed by atoms with Crippen molar-refractivity contribution < 1.29 is 32.2 Å². The summed E-state index contributed by atoms with van der Waals surface area (Å²) in [5, 5.41) is 18.1. The molecule has 2 amide bonds. The molecule has 0 saturated carbocycles. The summed E-state index contributed by atoms with van der Waals surface area (Å²) < 4.78 is 62.5. The SMILES string of the molecule is CC(F)(F)CNC(=O)N1Cc2nc(N)nc(-c3c(Cl)cc(Cl)cc3OCC[C@@](O)(Cn3cncn3)c3ccc(F)cc3F)c2C1. The molecule has 4 aromatic rings. The molecule has 4 N–H and O–H groups in total. The number of urea groups is 1. The number of nitrogens with two attached hydrogens (primary N) is 1. The minimum absolute atomic E-state index is 0.0316.